The molecule has 1 heterocycles. The van der Waals surface area contributed by atoms with E-state index in [0.29, 0.717) is 6.61 Å². The smallest absolute Gasteiger partial charge is 0.119 e. The summed E-state index contributed by atoms with van der Waals surface area (Å²) < 4.78 is 12.1. The lowest BCUT2D eigenvalue weighted by Gasteiger charge is -2.37. The van der Waals surface area contributed by atoms with Crippen molar-refractivity contribution in [2.75, 3.05) is 26.3 Å². The van der Waals surface area contributed by atoms with Gasteiger partial charge in [0.05, 0.1) is 6.61 Å². The quantitative estimate of drug-likeness (QED) is 0.915. The molecule has 110 valence electrons. The van der Waals surface area contributed by atoms with Gasteiger partial charge in [0.2, 0.25) is 0 Å². The Morgan fingerprint density at radius 3 is 2.38 bits per heavy atom. The van der Waals surface area contributed by atoms with Crippen LogP contribution < -0.4 is 10.1 Å². The van der Waals surface area contributed by atoms with Gasteiger partial charge in [-0.15, -0.1) is 0 Å². The predicted octanol–water partition coefficient (Wildman–Crippen LogP) is 2.67. The van der Waals surface area contributed by atoms with Crippen LogP contribution in [0.25, 0.3) is 0 Å². The summed E-state index contributed by atoms with van der Waals surface area (Å²) in [5.74, 6) is 0.888. The van der Waals surface area contributed by atoms with Crippen molar-refractivity contribution in [1.29, 1.82) is 0 Å². The number of ether oxygens (including phenoxy) is 2. The van der Waals surface area contributed by atoms with Gasteiger partial charge >= 0.3 is 0 Å². The third-order valence-electron chi connectivity index (χ3n) is 3.75. The van der Waals surface area contributed by atoms with Crippen LogP contribution in [0.2, 0.25) is 0 Å². The fourth-order valence-electron chi connectivity index (χ4n) is 2.66. The van der Waals surface area contributed by atoms with Crippen molar-refractivity contribution in [2.45, 2.75) is 12.0 Å². The molecule has 1 N–H and O–H groups in total. The molecule has 3 heteroatoms. The topological polar surface area (TPSA) is 30.5 Å². The van der Waals surface area contributed by atoms with E-state index in [1.165, 1.54) is 5.56 Å². The second-order valence-electron chi connectivity index (χ2n) is 5.47. The average Bonchev–Trinajstić information content (AvgIpc) is 2.56. The molecule has 2 aromatic carbocycles. The molecule has 0 unspecified atom stereocenters. The molecule has 1 fully saturated rings. The highest BCUT2D eigenvalue weighted by molar-refractivity contribution is 5.22. The van der Waals surface area contributed by atoms with Crippen LogP contribution in [0.15, 0.2) is 60.7 Å². The summed E-state index contributed by atoms with van der Waals surface area (Å²) in [7, 11) is 0. The van der Waals surface area contributed by atoms with E-state index in [4.69, 9.17) is 9.47 Å². The van der Waals surface area contributed by atoms with E-state index >= 15 is 0 Å². The van der Waals surface area contributed by atoms with E-state index < -0.39 is 0 Å². The van der Waals surface area contributed by atoms with E-state index in [-0.39, 0.29) is 5.60 Å². The highest BCUT2D eigenvalue weighted by Gasteiger charge is 2.34. The minimum absolute atomic E-state index is 0.296. The van der Waals surface area contributed by atoms with E-state index in [1.807, 2.05) is 36.4 Å². The highest BCUT2D eigenvalue weighted by Crippen LogP contribution is 2.22. The van der Waals surface area contributed by atoms with Crippen molar-refractivity contribution in [3.63, 3.8) is 0 Å². The molecule has 0 amide bonds. The lowest BCUT2D eigenvalue weighted by molar-refractivity contribution is -0.0896. The zero-order valence-electron chi connectivity index (χ0n) is 12.1. The summed E-state index contributed by atoms with van der Waals surface area (Å²) in [6.45, 7) is 3.00. The first kappa shape index (κ1) is 14.1. The zero-order chi connectivity index (χ0) is 14.4. The van der Waals surface area contributed by atoms with Crippen LogP contribution in [0.3, 0.4) is 0 Å². The van der Waals surface area contributed by atoms with Gasteiger partial charge in [0.1, 0.15) is 18.0 Å². The van der Waals surface area contributed by atoms with Crippen molar-refractivity contribution in [1.82, 2.24) is 5.32 Å². The molecular weight excluding hydrogens is 262 g/mol. The van der Waals surface area contributed by atoms with Crippen molar-refractivity contribution in [3.05, 3.63) is 66.2 Å². The third kappa shape index (κ3) is 3.84. The first-order chi connectivity index (χ1) is 10.4. The molecule has 1 atom stereocenters. The molecule has 1 aliphatic rings. The van der Waals surface area contributed by atoms with Crippen LogP contribution in [0, 0.1) is 0 Å². The fourth-order valence-corrected chi connectivity index (χ4v) is 2.66. The van der Waals surface area contributed by atoms with Gasteiger partial charge in [-0.05, 0) is 17.7 Å². The van der Waals surface area contributed by atoms with Crippen LogP contribution in [0.5, 0.6) is 5.75 Å². The molecular formula is C18H21NO2. The van der Waals surface area contributed by atoms with Crippen LogP contribution >= 0.6 is 0 Å². The Kier molecular flexibility index (Phi) is 4.53. The summed E-state index contributed by atoms with van der Waals surface area (Å²) in [5, 5.41) is 3.43. The summed E-state index contributed by atoms with van der Waals surface area (Å²) in [5.41, 5.74) is 0.980. The van der Waals surface area contributed by atoms with E-state index in [9.17, 15) is 0 Å². The van der Waals surface area contributed by atoms with Crippen molar-refractivity contribution in [3.8, 4) is 5.75 Å². The van der Waals surface area contributed by atoms with Crippen LogP contribution in [-0.2, 0) is 11.2 Å². The normalized spacial score (nSPS) is 21.9. The Morgan fingerprint density at radius 1 is 1.00 bits per heavy atom. The molecule has 0 bridgehead atoms. The monoisotopic (exact) mass is 283 g/mol. The maximum atomic E-state index is 6.10. The van der Waals surface area contributed by atoms with Gasteiger partial charge < -0.3 is 14.8 Å². The second-order valence-corrected chi connectivity index (χ2v) is 5.47. The van der Waals surface area contributed by atoms with E-state index in [2.05, 4.69) is 29.6 Å². The lowest BCUT2D eigenvalue weighted by Crippen LogP contribution is -2.54. The minimum atomic E-state index is -0.296. The molecule has 0 spiro atoms. The maximum absolute atomic E-state index is 6.10. The number of morpholine rings is 1. The molecule has 3 rings (SSSR count). The first-order valence-corrected chi connectivity index (χ1v) is 7.43. The summed E-state index contributed by atoms with van der Waals surface area (Å²) >= 11 is 0. The molecule has 21 heavy (non-hydrogen) atoms. The molecule has 0 aliphatic carbocycles. The van der Waals surface area contributed by atoms with Gasteiger partial charge in [-0.2, -0.15) is 0 Å². The van der Waals surface area contributed by atoms with Gasteiger partial charge in [0, 0.05) is 19.5 Å². The number of hydrogen-bond acceptors (Lipinski definition) is 3. The Hall–Kier alpha value is -1.84. The lowest BCUT2D eigenvalue weighted by atomic mass is 9.94. The average molecular weight is 283 g/mol. The van der Waals surface area contributed by atoms with Crippen molar-refractivity contribution in [2.24, 2.45) is 0 Å². The molecule has 1 aliphatic heterocycles. The van der Waals surface area contributed by atoms with Gasteiger partial charge in [-0.25, -0.2) is 0 Å². The first-order valence-electron chi connectivity index (χ1n) is 7.43. The summed E-state index contributed by atoms with van der Waals surface area (Å²) in [4.78, 5) is 0. The van der Waals surface area contributed by atoms with Gasteiger partial charge in [0.15, 0.2) is 0 Å². The standard InChI is InChI=1S/C18H21NO2/c1-3-7-16(8-4-1)13-18(14-19-11-12-21-18)15-20-17-9-5-2-6-10-17/h1-10,19H,11-15H2/t18-/m0/s1. The number of benzene rings is 2. The molecule has 0 saturated carbocycles. The van der Waals surface area contributed by atoms with Gasteiger partial charge in [0.25, 0.3) is 0 Å². The van der Waals surface area contributed by atoms with E-state index in [1.54, 1.807) is 0 Å². The number of para-hydroxylation sites is 1. The maximum Gasteiger partial charge on any atom is 0.119 e. The van der Waals surface area contributed by atoms with Crippen molar-refractivity contribution < 1.29 is 9.47 Å². The van der Waals surface area contributed by atoms with Gasteiger partial charge in [-0.3, -0.25) is 0 Å². The molecule has 0 radical (unpaired) electrons. The Bertz CT molecular complexity index is 536. The predicted molar refractivity (Wildman–Crippen MR) is 83.6 cm³/mol. The number of hydrogen-bond donors (Lipinski definition) is 1. The van der Waals surface area contributed by atoms with Crippen LogP contribution in [-0.4, -0.2) is 31.9 Å². The Balaban J connectivity index is 1.70. The van der Waals surface area contributed by atoms with E-state index in [0.717, 1.165) is 31.9 Å². The Labute approximate surface area is 125 Å². The second kappa shape index (κ2) is 6.74. The van der Waals surface area contributed by atoms with Gasteiger partial charge in [-0.1, -0.05) is 48.5 Å². The van der Waals surface area contributed by atoms with Crippen LogP contribution in [0.4, 0.5) is 0 Å². The summed E-state index contributed by atoms with van der Waals surface area (Å²) in [6.07, 6.45) is 0.855. The minimum Gasteiger partial charge on any atom is -0.491 e. The van der Waals surface area contributed by atoms with Crippen molar-refractivity contribution >= 4 is 0 Å². The fraction of sp³-hybridized carbons (Fsp3) is 0.333. The van der Waals surface area contributed by atoms with Crippen LogP contribution in [0.1, 0.15) is 5.56 Å². The largest absolute Gasteiger partial charge is 0.491 e. The Morgan fingerprint density at radius 2 is 1.71 bits per heavy atom. The molecule has 2 aromatic rings. The molecule has 0 aromatic heterocycles. The number of nitrogens with one attached hydrogen (secondary N) is 1. The summed E-state index contributed by atoms with van der Waals surface area (Å²) in [6, 6.07) is 20.4. The zero-order valence-corrected chi connectivity index (χ0v) is 12.1. The third-order valence-corrected chi connectivity index (χ3v) is 3.75. The SMILES string of the molecule is c1ccc(C[C@@]2(COc3ccccc3)CNCCO2)cc1. The highest BCUT2D eigenvalue weighted by atomic mass is 16.5. The molecule has 1 saturated heterocycles. The molecule has 3 nitrogen and oxygen atoms in total. The number of rotatable bonds is 5.